The van der Waals surface area contributed by atoms with Gasteiger partial charge in [-0.3, -0.25) is 0 Å². The molecule has 6 heteroatoms. The van der Waals surface area contributed by atoms with E-state index in [1.165, 1.54) is 0 Å². The summed E-state index contributed by atoms with van der Waals surface area (Å²) in [6.07, 6.45) is 1.55. The van der Waals surface area contributed by atoms with E-state index < -0.39 is 9.05 Å². The second kappa shape index (κ2) is 5.89. The summed E-state index contributed by atoms with van der Waals surface area (Å²) in [5, 5.41) is 0.557. The highest BCUT2D eigenvalue weighted by Gasteiger charge is 2.22. The Morgan fingerprint density at radius 1 is 1.24 bits per heavy atom. The van der Waals surface area contributed by atoms with E-state index in [0.29, 0.717) is 23.6 Å². The van der Waals surface area contributed by atoms with Gasteiger partial charge >= 0.3 is 0 Å². The number of fused-ring (bicyclic) bond motifs is 1. The van der Waals surface area contributed by atoms with Gasteiger partial charge in [-0.05, 0) is 31.9 Å². The summed E-state index contributed by atoms with van der Waals surface area (Å²) in [6, 6.07) is 5.52. The van der Waals surface area contributed by atoms with Crippen LogP contribution in [0.1, 0.15) is 27.7 Å². The van der Waals surface area contributed by atoms with E-state index >= 15 is 0 Å². The van der Waals surface area contributed by atoms with E-state index in [1.807, 2.05) is 30.5 Å². The molecule has 0 unspecified atom stereocenters. The van der Waals surface area contributed by atoms with Crippen LogP contribution in [-0.4, -0.2) is 19.1 Å². The molecule has 0 spiro atoms. The van der Waals surface area contributed by atoms with Gasteiger partial charge in [0.1, 0.15) is 10.6 Å². The lowest BCUT2D eigenvalue weighted by atomic mass is 10.2. The third kappa shape index (κ3) is 3.52. The summed E-state index contributed by atoms with van der Waals surface area (Å²) in [5.74, 6) is 0.936. The van der Waals surface area contributed by atoms with Gasteiger partial charge in [0.05, 0.1) is 17.0 Å². The number of aromatic nitrogens is 1. The van der Waals surface area contributed by atoms with Crippen molar-refractivity contribution in [2.75, 3.05) is 0 Å². The van der Waals surface area contributed by atoms with Crippen molar-refractivity contribution in [3.8, 4) is 5.75 Å². The Labute approximate surface area is 130 Å². The average molecular weight is 330 g/mol. The van der Waals surface area contributed by atoms with Gasteiger partial charge in [-0.25, -0.2) is 8.42 Å². The van der Waals surface area contributed by atoms with Crippen molar-refractivity contribution in [1.82, 2.24) is 4.57 Å². The highest BCUT2D eigenvalue weighted by molar-refractivity contribution is 8.14. The van der Waals surface area contributed by atoms with E-state index in [1.54, 1.807) is 12.3 Å². The lowest BCUT2D eigenvalue weighted by Gasteiger charge is -2.12. The molecule has 0 aliphatic carbocycles. The third-order valence-corrected chi connectivity index (χ3v) is 4.35. The van der Waals surface area contributed by atoms with Crippen molar-refractivity contribution in [2.24, 2.45) is 5.92 Å². The van der Waals surface area contributed by atoms with Crippen LogP contribution in [0.4, 0.5) is 0 Å². The Kier molecular flexibility index (Phi) is 4.54. The molecule has 0 atom stereocenters. The van der Waals surface area contributed by atoms with Crippen LogP contribution in [0.2, 0.25) is 0 Å². The van der Waals surface area contributed by atoms with Crippen LogP contribution in [0.25, 0.3) is 10.9 Å². The number of benzene rings is 1. The molecule has 1 aromatic carbocycles. The molecule has 2 rings (SSSR count). The minimum absolute atomic E-state index is 0.0464. The zero-order chi connectivity index (χ0) is 15.8. The minimum atomic E-state index is -3.83. The van der Waals surface area contributed by atoms with Crippen molar-refractivity contribution in [2.45, 2.75) is 45.2 Å². The lowest BCUT2D eigenvalue weighted by Crippen LogP contribution is -2.06. The topological polar surface area (TPSA) is 48.3 Å². The van der Waals surface area contributed by atoms with Crippen molar-refractivity contribution in [1.29, 1.82) is 0 Å². The standard InChI is InChI=1S/C15H20ClNO3S/c1-10(2)8-17-9-14(21(16,18)19)15-12(17)6-5-7-13(15)20-11(3)4/h5-7,9-11H,8H2,1-4H3. The van der Waals surface area contributed by atoms with Gasteiger partial charge in [0.2, 0.25) is 0 Å². The summed E-state index contributed by atoms with van der Waals surface area (Å²) in [5.41, 5.74) is 0.820. The zero-order valence-corrected chi connectivity index (χ0v) is 14.2. The van der Waals surface area contributed by atoms with Gasteiger partial charge in [-0.2, -0.15) is 0 Å². The Hall–Kier alpha value is -1.20. The summed E-state index contributed by atoms with van der Waals surface area (Å²) in [7, 11) is 1.77. The molecule has 0 N–H and O–H groups in total. The van der Waals surface area contributed by atoms with Crippen LogP contribution < -0.4 is 4.74 Å². The normalized spacial score (nSPS) is 12.5. The highest BCUT2D eigenvalue weighted by atomic mass is 35.7. The molecule has 21 heavy (non-hydrogen) atoms. The lowest BCUT2D eigenvalue weighted by molar-refractivity contribution is 0.245. The van der Waals surface area contributed by atoms with Crippen LogP contribution in [0.5, 0.6) is 5.75 Å². The fourth-order valence-corrected chi connectivity index (χ4v) is 3.42. The second-order valence-electron chi connectivity index (χ2n) is 5.79. The molecule has 2 aromatic rings. The predicted molar refractivity (Wildman–Crippen MR) is 85.6 cm³/mol. The summed E-state index contributed by atoms with van der Waals surface area (Å²) >= 11 is 0. The fraction of sp³-hybridized carbons (Fsp3) is 0.467. The van der Waals surface area contributed by atoms with E-state index in [4.69, 9.17) is 15.4 Å². The first-order chi connectivity index (χ1) is 9.70. The van der Waals surface area contributed by atoms with Crippen molar-refractivity contribution in [3.05, 3.63) is 24.4 Å². The maximum atomic E-state index is 11.9. The molecule has 1 heterocycles. The summed E-state index contributed by atoms with van der Waals surface area (Å²) in [6.45, 7) is 8.68. The van der Waals surface area contributed by atoms with Gasteiger partial charge in [0, 0.05) is 23.4 Å². The molecule has 0 bridgehead atoms. The Bertz CT molecular complexity index is 748. The number of ether oxygens (including phenoxy) is 1. The first-order valence-corrected chi connectivity index (χ1v) is 9.24. The van der Waals surface area contributed by atoms with Crippen LogP contribution >= 0.6 is 10.7 Å². The van der Waals surface area contributed by atoms with Gasteiger partial charge in [0.25, 0.3) is 9.05 Å². The molecule has 0 radical (unpaired) electrons. The van der Waals surface area contributed by atoms with E-state index in [2.05, 4.69) is 13.8 Å². The second-order valence-corrected chi connectivity index (χ2v) is 8.33. The first kappa shape index (κ1) is 16.2. The number of halogens is 1. The molecule has 0 saturated heterocycles. The number of hydrogen-bond donors (Lipinski definition) is 0. The molecule has 0 aliphatic heterocycles. The van der Waals surface area contributed by atoms with Crippen LogP contribution in [0.3, 0.4) is 0 Å². The van der Waals surface area contributed by atoms with Crippen molar-refractivity contribution < 1.29 is 13.2 Å². The van der Waals surface area contributed by atoms with E-state index in [0.717, 1.165) is 5.52 Å². The van der Waals surface area contributed by atoms with Gasteiger partial charge in [-0.15, -0.1) is 0 Å². The third-order valence-electron chi connectivity index (χ3n) is 3.02. The number of nitrogens with zero attached hydrogens (tertiary/aromatic N) is 1. The Morgan fingerprint density at radius 2 is 1.90 bits per heavy atom. The maximum absolute atomic E-state index is 11.9. The molecule has 4 nitrogen and oxygen atoms in total. The molecule has 0 aliphatic rings. The number of hydrogen-bond acceptors (Lipinski definition) is 3. The molecular weight excluding hydrogens is 310 g/mol. The number of rotatable bonds is 5. The molecule has 0 saturated carbocycles. The van der Waals surface area contributed by atoms with Crippen LogP contribution in [0.15, 0.2) is 29.3 Å². The summed E-state index contributed by atoms with van der Waals surface area (Å²) < 4.78 is 31.4. The summed E-state index contributed by atoms with van der Waals surface area (Å²) in [4.78, 5) is 0.107. The van der Waals surface area contributed by atoms with Crippen LogP contribution in [-0.2, 0) is 15.6 Å². The van der Waals surface area contributed by atoms with E-state index in [-0.39, 0.29) is 11.0 Å². The average Bonchev–Trinajstić information content (AvgIpc) is 2.68. The smallest absolute Gasteiger partial charge is 0.263 e. The van der Waals surface area contributed by atoms with Gasteiger partial charge < -0.3 is 9.30 Å². The zero-order valence-electron chi connectivity index (χ0n) is 12.6. The molecule has 0 fully saturated rings. The predicted octanol–water partition coefficient (Wildman–Crippen LogP) is 4.01. The first-order valence-electron chi connectivity index (χ1n) is 6.93. The Morgan fingerprint density at radius 3 is 2.43 bits per heavy atom. The molecule has 0 amide bonds. The monoisotopic (exact) mass is 329 g/mol. The molecule has 1 aromatic heterocycles. The minimum Gasteiger partial charge on any atom is -0.490 e. The van der Waals surface area contributed by atoms with Gasteiger partial charge in [0.15, 0.2) is 0 Å². The quantitative estimate of drug-likeness (QED) is 0.779. The van der Waals surface area contributed by atoms with Crippen molar-refractivity contribution in [3.63, 3.8) is 0 Å². The van der Waals surface area contributed by atoms with Crippen LogP contribution in [0, 0.1) is 5.92 Å². The van der Waals surface area contributed by atoms with Gasteiger partial charge in [-0.1, -0.05) is 19.9 Å². The molecular formula is C15H20ClNO3S. The maximum Gasteiger partial charge on any atom is 0.263 e. The highest BCUT2D eigenvalue weighted by Crippen LogP contribution is 2.35. The fourth-order valence-electron chi connectivity index (χ4n) is 2.36. The molecule has 116 valence electrons. The SMILES string of the molecule is CC(C)Cn1cc(S(=O)(=O)Cl)c2c(OC(C)C)cccc21. The van der Waals surface area contributed by atoms with Crippen molar-refractivity contribution >= 4 is 30.6 Å². The van der Waals surface area contributed by atoms with E-state index in [9.17, 15) is 8.42 Å². The Balaban J connectivity index is 2.75. The largest absolute Gasteiger partial charge is 0.490 e.